The molecular weight excluding hydrogens is 456 g/mol. The molecule has 0 spiro atoms. The van der Waals surface area contributed by atoms with Crippen molar-refractivity contribution < 1.29 is 22.0 Å². The van der Waals surface area contributed by atoms with Crippen LogP contribution in [0.1, 0.15) is 29.9 Å². The molecule has 0 radical (unpaired) electrons. The highest BCUT2D eigenvalue weighted by molar-refractivity contribution is 7.22. The van der Waals surface area contributed by atoms with Gasteiger partial charge in [0.05, 0.1) is 15.8 Å². The number of nitrogens with one attached hydrogen (secondary N) is 2. The fraction of sp³-hybridized carbons (Fsp3) is 0.300. The van der Waals surface area contributed by atoms with Gasteiger partial charge in [-0.3, -0.25) is 5.32 Å². The van der Waals surface area contributed by atoms with Gasteiger partial charge >= 0.3 is 12.2 Å². The average molecular weight is 473 g/mol. The van der Waals surface area contributed by atoms with Crippen molar-refractivity contribution in [3.63, 3.8) is 0 Å². The highest BCUT2D eigenvalue weighted by Gasteiger charge is 2.30. The predicted octanol–water partition coefficient (Wildman–Crippen LogP) is 6.23. The van der Waals surface area contributed by atoms with Crippen molar-refractivity contribution in [2.75, 3.05) is 18.4 Å². The van der Waals surface area contributed by atoms with Crippen LogP contribution < -0.4 is 10.6 Å². The summed E-state index contributed by atoms with van der Waals surface area (Å²) in [7, 11) is 0. The van der Waals surface area contributed by atoms with Crippen molar-refractivity contribution in [2.45, 2.75) is 24.9 Å². The monoisotopic (exact) mass is 472 g/mol. The third-order valence-corrected chi connectivity index (χ3v) is 6.14. The van der Waals surface area contributed by atoms with E-state index in [1.165, 1.54) is 12.1 Å². The quantitative estimate of drug-likeness (QED) is 0.346. The lowest BCUT2D eigenvalue weighted by atomic mass is 9.90. The zero-order valence-electron chi connectivity index (χ0n) is 15.9. The van der Waals surface area contributed by atoms with E-state index in [-0.39, 0.29) is 29.9 Å². The maximum Gasteiger partial charge on any atom is 0.416 e. The molecule has 11 heteroatoms. The molecule has 1 fully saturated rings. The third-order valence-electron chi connectivity index (χ3n) is 5.21. The normalized spacial score (nSPS) is 15.4. The summed E-state index contributed by atoms with van der Waals surface area (Å²) in [5.74, 6) is -0.217. The van der Waals surface area contributed by atoms with E-state index >= 15 is 0 Å². The van der Waals surface area contributed by atoms with Crippen molar-refractivity contribution in [3.8, 4) is 0 Å². The molecule has 4 aromatic rings. The van der Waals surface area contributed by atoms with Crippen LogP contribution in [0.2, 0.25) is 0 Å². The van der Waals surface area contributed by atoms with Crippen molar-refractivity contribution in [3.05, 3.63) is 47.3 Å². The molecule has 2 aromatic carbocycles. The summed E-state index contributed by atoms with van der Waals surface area (Å²) in [6.07, 6.45) is -2.56. The molecule has 1 saturated heterocycles. The number of nitrogens with zero attached hydrogens (tertiary/aromatic N) is 2. The van der Waals surface area contributed by atoms with Crippen LogP contribution in [0.3, 0.4) is 0 Å². The van der Waals surface area contributed by atoms with E-state index in [0.717, 1.165) is 55.0 Å². The largest absolute Gasteiger partial charge is 0.420 e. The Bertz CT molecular complexity index is 1230. The minimum atomic E-state index is -4.42. The molecule has 3 heterocycles. The summed E-state index contributed by atoms with van der Waals surface area (Å²) in [5, 5.41) is 6.44. The molecule has 0 saturated carbocycles. The molecule has 164 valence electrons. The van der Waals surface area contributed by atoms with Gasteiger partial charge in [-0.1, -0.05) is 11.3 Å². The number of halogens is 5. The highest BCUT2D eigenvalue weighted by atomic mass is 35.5. The van der Waals surface area contributed by atoms with Crippen LogP contribution >= 0.6 is 23.7 Å². The van der Waals surface area contributed by atoms with Crippen LogP contribution in [0.5, 0.6) is 0 Å². The lowest BCUT2D eigenvalue weighted by Crippen LogP contribution is -2.26. The molecule has 0 unspecified atom stereocenters. The van der Waals surface area contributed by atoms with Crippen LogP contribution in [0, 0.1) is 5.82 Å². The number of piperidine rings is 1. The first-order valence-electron chi connectivity index (χ1n) is 9.42. The third kappa shape index (κ3) is 4.32. The van der Waals surface area contributed by atoms with E-state index < -0.39 is 17.6 Å². The second kappa shape index (κ2) is 8.25. The van der Waals surface area contributed by atoms with Gasteiger partial charge in [-0.05, 0) is 67.7 Å². The maximum atomic E-state index is 14.6. The van der Waals surface area contributed by atoms with Crippen molar-refractivity contribution >= 4 is 56.2 Å². The highest BCUT2D eigenvalue weighted by Crippen LogP contribution is 2.36. The van der Waals surface area contributed by atoms with Gasteiger partial charge in [0.1, 0.15) is 5.52 Å². The number of alkyl halides is 3. The molecule has 0 aliphatic carbocycles. The first-order chi connectivity index (χ1) is 14.4. The summed E-state index contributed by atoms with van der Waals surface area (Å²) in [6.45, 7) is 1.78. The van der Waals surface area contributed by atoms with E-state index in [1.54, 1.807) is 0 Å². The summed E-state index contributed by atoms with van der Waals surface area (Å²) in [4.78, 5) is 8.56. The average Bonchev–Trinajstić information content (AvgIpc) is 3.30. The zero-order chi connectivity index (χ0) is 20.9. The maximum absolute atomic E-state index is 14.6. The van der Waals surface area contributed by atoms with E-state index in [4.69, 9.17) is 4.42 Å². The van der Waals surface area contributed by atoms with Crippen LogP contribution in [0.4, 0.5) is 28.7 Å². The van der Waals surface area contributed by atoms with Crippen molar-refractivity contribution in [2.24, 2.45) is 0 Å². The molecule has 2 N–H and O–H groups in total. The van der Waals surface area contributed by atoms with E-state index in [0.29, 0.717) is 20.9 Å². The molecule has 5 nitrogen and oxygen atoms in total. The number of rotatable bonds is 3. The molecule has 5 rings (SSSR count). The number of aromatic nitrogens is 2. The summed E-state index contributed by atoms with van der Waals surface area (Å²) >= 11 is 1.04. The number of oxazole rings is 1. The Labute approximate surface area is 184 Å². The molecule has 1 aliphatic rings. The molecule has 0 bridgehead atoms. The van der Waals surface area contributed by atoms with Gasteiger partial charge in [0, 0.05) is 0 Å². The second-order valence-corrected chi connectivity index (χ2v) is 8.25. The number of fused-ring (bicyclic) bond motifs is 2. The van der Waals surface area contributed by atoms with Crippen LogP contribution in [0.15, 0.2) is 34.7 Å². The van der Waals surface area contributed by atoms with Gasteiger partial charge in [0.2, 0.25) is 0 Å². The molecule has 1 aliphatic heterocycles. The summed E-state index contributed by atoms with van der Waals surface area (Å²) in [6, 6.07) is 6.72. The Kier molecular flexibility index (Phi) is 5.80. The van der Waals surface area contributed by atoms with Gasteiger partial charge in [0.25, 0.3) is 0 Å². The second-order valence-electron chi connectivity index (χ2n) is 7.22. The van der Waals surface area contributed by atoms with E-state index in [2.05, 4.69) is 20.6 Å². The zero-order valence-corrected chi connectivity index (χ0v) is 17.6. The predicted molar refractivity (Wildman–Crippen MR) is 114 cm³/mol. The Balaban J connectivity index is 0.00000231. The Morgan fingerprint density at radius 2 is 1.84 bits per heavy atom. The molecule has 0 amide bonds. The summed E-state index contributed by atoms with van der Waals surface area (Å²) in [5.41, 5.74) is 1.01. The van der Waals surface area contributed by atoms with Gasteiger partial charge in [-0.2, -0.15) is 18.2 Å². The first-order valence-corrected chi connectivity index (χ1v) is 10.2. The topological polar surface area (TPSA) is 63.0 Å². The number of hydrogen-bond acceptors (Lipinski definition) is 6. The minimum absolute atomic E-state index is 0. The van der Waals surface area contributed by atoms with Crippen LogP contribution in [0.25, 0.3) is 21.3 Å². The standard InChI is InChI=1S/C20H16F4N4OS.ClH/c21-13-7-11(10-3-5-25-6-4-10)8-15-17(13)29-18(26-15)28-19-27-14-2-1-12(20(22,23)24)9-16(14)30-19;/h1-2,7-10,25H,3-6H2,(H,26,27,28);1H. The van der Waals surface area contributed by atoms with Gasteiger partial charge in [0.15, 0.2) is 16.5 Å². The van der Waals surface area contributed by atoms with E-state index in [1.807, 2.05) is 6.07 Å². The Morgan fingerprint density at radius 3 is 2.58 bits per heavy atom. The van der Waals surface area contributed by atoms with Crippen molar-refractivity contribution in [1.29, 1.82) is 0 Å². The summed E-state index contributed by atoms with van der Waals surface area (Å²) < 4.78 is 59.1. The Morgan fingerprint density at radius 1 is 1.06 bits per heavy atom. The molecule has 31 heavy (non-hydrogen) atoms. The molecule has 0 atom stereocenters. The van der Waals surface area contributed by atoms with E-state index in [9.17, 15) is 17.6 Å². The fourth-order valence-electron chi connectivity index (χ4n) is 3.70. The number of benzene rings is 2. The number of anilines is 2. The lowest BCUT2D eigenvalue weighted by molar-refractivity contribution is -0.137. The SMILES string of the molecule is Cl.Fc1cc(C2CCNCC2)cc2nc(Nc3nc4ccc(C(F)(F)F)cc4s3)oc12. The Hall–Kier alpha value is -2.43. The number of hydrogen-bond donors (Lipinski definition) is 2. The van der Waals surface area contributed by atoms with Gasteiger partial charge in [-0.15, -0.1) is 12.4 Å². The van der Waals surface area contributed by atoms with Crippen molar-refractivity contribution in [1.82, 2.24) is 15.3 Å². The molecular formula is C20H17ClF4N4OS. The lowest BCUT2D eigenvalue weighted by Gasteiger charge is -2.22. The number of thiazole rings is 1. The van der Waals surface area contributed by atoms with Gasteiger partial charge < -0.3 is 9.73 Å². The van der Waals surface area contributed by atoms with Crippen LogP contribution in [-0.2, 0) is 6.18 Å². The first kappa shape index (κ1) is 21.8. The minimum Gasteiger partial charge on any atom is -0.420 e. The van der Waals surface area contributed by atoms with Crippen LogP contribution in [-0.4, -0.2) is 23.1 Å². The van der Waals surface area contributed by atoms with Gasteiger partial charge in [-0.25, -0.2) is 9.37 Å². The molecule has 2 aromatic heterocycles. The fourth-order valence-corrected chi connectivity index (χ4v) is 4.60. The smallest absolute Gasteiger partial charge is 0.416 e.